The molecule has 0 spiro atoms. The van der Waals surface area contributed by atoms with Gasteiger partial charge in [-0.3, -0.25) is 9.69 Å². The molecule has 0 radical (unpaired) electrons. The average molecular weight is 271 g/mol. The molecule has 0 saturated carbocycles. The Morgan fingerprint density at radius 3 is 2.95 bits per heavy atom. The van der Waals surface area contributed by atoms with Gasteiger partial charge in [-0.2, -0.15) is 0 Å². The molecule has 5 nitrogen and oxygen atoms in total. The number of nitrogens with zero attached hydrogens (tertiary/aromatic N) is 2. The Labute approximate surface area is 117 Å². The van der Waals surface area contributed by atoms with E-state index in [1.807, 2.05) is 19.2 Å². The van der Waals surface area contributed by atoms with E-state index in [0.717, 1.165) is 18.7 Å². The molecule has 1 aliphatic rings. The molecule has 1 N–H and O–H groups in total. The van der Waals surface area contributed by atoms with Gasteiger partial charge in [-0.25, -0.2) is 0 Å². The third-order valence-corrected chi connectivity index (χ3v) is 3.72. The van der Waals surface area contributed by atoms with Gasteiger partial charge in [0, 0.05) is 12.6 Å². The fourth-order valence-electron chi connectivity index (χ4n) is 2.57. The van der Waals surface area contributed by atoms with Gasteiger partial charge in [0.15, 0.2) is 0 Å². The van der Waals surface area contributed by atoms with Crippen LogP contribution in [0.4, 0.5) is 0 Å². The third-order valence-electron chi connectivity index (χ3n) is 3.72. The Balaban J connectivity index is 1.66. The number of likely N-dealkylation sites (N-methyl/N-ethyl adjacent to an activating group) is 1. The standard InChI is InChI=1S/C15H17N3O2/c1-18-10-12-5-3-2-4-11(12)8-14(18)15(19)16-9-13-6-7-20-17-13/h2-7,14H,8-10H2,1H3,(H,16,19)/t14-/m1/s1. The Hall–Kier alpha value is -2.14. The maximum atomic E-state index is 12.3. The highest BCUT2D eigenvalue weighted by Gasteiger charge is 2.28. The van der Waals surface area contributed by atoms with E-state index in [0.29, 0.717) is 6.54 Å². The first-order valence-electron chi connectivity index (χ1n) is 6.68. The molecule has 2 heterocycles. The van der Waals surface area contributed by atoms with Crippen molar-refractivity contribution in [2.75, 3.05) is 7.05 Å². The second-order valence-electron chi connectivity index (χ2n) is 5.11. The SMILES string of the molecule is CN1Cc2ccccc2C[C@@H]1C(=O)NCc1ccon1. The van der Waals surface area contributed by atoms with Gasteiger partial charge in [0.1, 0.15) is 12.0 Å². The zero-order valence-electron chi connectivity index (χ0n) is 11.4. The van der Waals surface area contributed by atoms with Gasteiger partial charge in [-0.1, -0.05) is 29.4 Å². The molecule has 20 heavy (non-hydrogen) atoms. The van der Waals surface area contributed by atoms with Crippen molar-refractivity contribution in [3.8, 4) is 0 Å². The number of rotatable bonds is 3. The molecule has 0 unspecified atom stereocenters. The number of hydrogen-bond donors (Lipinski definition) is 1. The monoisotopic (exact) mass is 271 g/mol. The van der Waals surface area contributed by atoms with Gasteiger partial charge < -0.3 is 9.84 Å². The third kappa shape index (κ3) is 2.58. The molecule has 2 aromatic rings. The van der Waals surface area contributed by atoms with E-state index >= 15 is 0 Å². The van der Waals surface area contributed by atoms with Gasteiger partial charge in [0.25, 0.3) is 0 Å². The molecule has 1 amide bonds. The molecule has 1 aliphatic heterocycles. The summed E-state index contributed by atoms with van der Waals surface area (Å²) < 4.78 is 4.75. The first-order chi connectivity index (χ1) is 9.74. The fourth-order valence-corrected chi connectivity index (χ4v) is 2.57. The van der Waals surface area contributed by atoms with Gasteiger partial charge in [0.05, 0.1) is 12.6 Å². The molecule has 1 aromatic heterocycles. The smallest absolute Gasteiger partial charge is 0.238 e. The summed E-state index contributed by atoms with van der Waals surface area (Å²) in [4.78, 5) is 14.4. The van der Waals surface area contributed by atoms with Gasteiger partial charge in [-0.05, 0) is 24.6 Å². The maximum absolute atomic E-state index is 12.3. The molecular formula is C15H17N3O2. The lowest BCUT2D eigenvalue weighted by Crippen LogP contribution is -2.48. The fraction of sp³-hybridized carbons (Fsp3) is 0.333. The minimum Gasteiger partial charge on any atom is -0.364 e. The number of nitrogens with one attached hydrogen (secondary N) is 1. The van der Waals surface area contributed by atoms with Crippen molar-refractivity contribution in [1.82, 2.24) is 15.4 Å². The zero-order valence-corrected chi connectivity index (χ0v) is 11.4. The van der Waals surface area contributed by atoms with E-state index in [1.54, 1.807) is 6.07 Å². The Bertz CT molecular complexity index is 595. The highest BCUT2D eigenvalue weighted by atomic mass is 16.5. The molecule has 1 aromatic carbocycles. The lowest BCUT2D eigenvalue weighted by molar-refractivity contribution is -0.126. The molecule has 0 bridgehead atoms. The second kappa shape index (κ2) is 5.46. The maximum Gasteiger partial charge on any atom is 0.238 e. The first kappa shape index (κ1) is 12.9. The second-order valence-corrected chi connectivity index (χ2v) is 5.11. The number of hydrogen-bond acceptors (Lipinski definition) is 4. The van der Waals surface area contributed by atoms with Crippen LogP contribution in [-0.4, -0.2) is 29.1 Å². The number of fused-ring (bicyclic) bond motifs is 1. The van der Waals surface area contributed by atoms with Crippen LogP contribution in [0, 0.1) is 0 Å². The highest BCUT2D eigenvalue weighted by Crippen LogP contribution is 2.21. The van der Waals surface area contributed by atoms with Crippen LogP contribution in [0.25, 0.3) is 0 Å². The van der Waals surface area contributed by atoms with Crippen molar-refractivity contribution in [2.24, 2.45) is 0 Å². The lowest BCUT2D eigenvalue weighted by atomic mass is 9.94. The summed E-state index contributed by atoms with van der Waals surface area (Å²) in [5, 5.41) is 6.70. The molecule has 5 heteroatoms. The summed E-state index contributed by atoms with van der Waals surface area (Å²) in [6.45, 7) is 1.21. The molecule has 104 valence electrons. The molecule has 1 atom stereocenters. The van der Waals surface area contributed by atoms with Crippen LogP contribution in [0.15, 0.2) is 41.1 Å². The lowest BCUT2D eigenvalue weighted by Gasteiger charge is -2.32. The van der Waals surface area contributed by atoms with Crippen molar-refractivity contribution in [2.45, 2.75) is 25.6 Å². The normalized spacial score (nSPS) is 18.6. The predicted molar refractivity (Wildman–Crippen MR) is 73.8 cm³/mol. The summed E-state index contributed by atoms with van der Waals surface area (Å²) in [6.07, 6.45) is 2.25. The Morgan fingerprint density at radius 1 is 1.40 bits per heavy atom. The molecule has 0 aliphatic carbocycles. The van der Waals surface area contributed by atoms with Crippen LogP contribution >= 0.6 is 0 Å². The van der Waals surface area contributed by atoms with E-state index in [-0.39, 0.29) is 11.9 Å². The molecule has 3 rings (SSSR count). The summed E-state index contributed by atoms with van der Waals surface area (Å²) in [5.41, 5.74) is 3.29. The number of carbonyl (C=O) groups excluding carboxylic acids is 1. The minimum absolute atomic E-state index is 0.0324. The summed E-state index contributed by atoms with van der Waals surface area (Å²) >= 11 is 0. The predicted octanol–water partition coefficient (Wildman–Crippen LogP) is 1.35. The van der Waals surface area contributed by atoms with Crippen LogP contribution < -0.4 is 5.32 Å². The van der Waals surface area contributed by atoms with Crippen LogP contribution in [-0.2, 0) is 24.3 Å². The number of amides is 1. The van der Waals surface area contributed by atoms with Crippen LogP contribution in [0.3, 0.4) is 0 Å². The van der Waals surface area contributed by atoms with Crippen molar-refractivity contribution in [1.29, 1.82) is 0 Å². The van der Waals surface area contributed by atoms with E-state index in [9.17, 15) is 4.79 Å². The first-order valence-corrected chi connectivity index (χ1v) is 6.68. The largest absolute Gasteiger partial charge is 0.364 e. The Morgan fingerprint density at radius 2 is 2.20 bits per heavy atom. The number of aromatic nitrogens is 1. The van der Waals surface area contributed by atoms with Crippen LogP contribution in [0.5, 0.6) is 0 Å². The summed E-state index contributed by atoms with van der Waals surface area (Å²) in [6, 6.07) is 9.90. The number of carbonyl (C=O) groups is 1. The quantitative estimate of drug-likeness (QED) is 0.915. The zero-order chi connectivity index (χ0) is 13.9. The molecule has 0 saturated heterocycles. The summed E-state index contributed by atoms with van der Waals surface area (Å²) in [5.74, 6) is 0.0324. The van der Waals surface area contributed by atoms with Crippen molar-refractivity contribution >= 4 is 5.91 Å². The van der Waals surface area contributed by atoms with Crippen molar-refractivity contribution in [3.05, 3.63) is 53.4 Å². The van der Waals surface area contributed by atoms with Crippen LogP contribution in [0.1, 0.15) is 16.8 Å². The summed E-state index contributed by atoms with van der Waals surface area (Å²) in [7, 11) is 1.98. The van der Waals surface area contributed by atoms with Gasteiger partial charge >= 0.3 is 0 Å². The van der Waals surface area contributed by atoms with Gasteiger partial charge in [0.2, 0.25) is 5.91 Å². The topological polar surface area (TPSA) is 58.4 Å². The van der Waals surface area contributed by atoms with Crippen molar-refractivity contribution < 1.29 is 9.32 Å². The van der Waals surface area contributed by atoms with E-state index in [4.69, 9.17) is 4.52 Å². The van der Waals surface area contributed by atoms with E-state index in [1.165, 1.54) is 17.4 Å². The average Bonchev–Trinajstić information content (AvgIpc) is 2.97. The minimum atomic E-state index is -0.128. The Kier molecular flexibility index (Phi) is 3.52. The van der Waals surface area contributed by atoms with Crippen LogP contribution in [0.2, 0.25) is 0 Å². The van der Waals surface area contributed by atoms with E-state index in [2.05, 4.69) is 27.5 Å². The van der Waals surface area contributed by atoms with Crippen molar-refractivity contribution in [3.63, 3.8) is 0 Å². The number of benzene rings is 1. The van der Waals surface area contributed by atoms with Gasteiger partial charge in [-0.15, -0.1) is 0 Å². The highest BCUT2D eigenvalue weighted by molar-refractivity contribution is 5.82. The van der Waals surface area contributed by atoms with E-state index < -0.39 is 0 Å². The molecule has 0 fully saturated rings. The molecular weight excluding hydrogens is 254 g/mol.